The minimum atomic E-state index is -1.51. The van der Waals surface area contributed by atoms with Crippen molar-refractivity contribution in [3.63, 3.8) is 0 Å². The minimum Gasteiger partial charge on any atom is -0.382 e. The minimum absolute atomic E-state index is 0.0392. The number of hydrogen-bond donors (Lipinski definition) is 1. The first-order valence-electron chi connectivity index (χ1n) is 11.5. The van der Waals surface area contributed by atoms with E-state index in [0.29, 0.717) is 29.2 Å². The first-order chi connectivity index (χ1) is 15.4. The molecule has 7 rings (SSSR count). The van der Waals surface area contributed by atoms with E-state index in [1.807, 2.05) is 55.6 Å². The summed E-state index contributed by atoms with van der Waals surface area (Å²) < 4.78 is 0. The number of piperidine rings is 1. The van der Waals surface area contributed by atoms with E-state index in [2.05, 4.69) is 9.80 Å². The van der Waals surface area contributed by atoms with E-state index >= 15 is 0 Å². The van der Waals surface area contributed by atoms with Gasteiger partial charge in [0.15, 0.2) is 11.6 Å². The van der Waals surface area contributed by atoms with Gasteiger partial charge in [0.1, 0.15) is 11.1 Å². The van der Waals surface area contributed by atoms with Gasteiger partial charge in [-0.25, -0.2) is 0 Å². The molecule has 3 saturated heterocycles. The molecule has 2 aromatic rings. The van der Waals surface area contributed by atoms with Crippen molar-refractivity contribution in [2.45, 2.75) is 35.9 Å². The zero-order chi connectivity index (χ0) is 22.0. The van der Waals surface area contributed by atoms with Gasteiger partial charge in [0.25, 0.3) is 0 Å². The zero-order valence-corrected chi connectivity index (χ0v) is 18.7. The summed E-state index contributed by atoms with van der Waals surface area (Å²) in [6.07, 6.45) is 1.87. The second-order valence-electron chi connectivity index (χ2n) is 10.4. The lowest BCUT2D eigenvalue weighted by Gasteiger charge is -2.47. The first kappa shape index (κ1) is 19.4. The predicted octanol–water partition coefficient (Wildman–Crippen LogP) is 2.86. The summed E-state index contributed by atoms with van der Waals surface area (Å²) in [6, 6.07) is 15.2. The van der Waals surface area contributed by atoms with Crippen molar-refractivity contribution in [1.29, 1.82) is 0 Å². The van der Waals surface area contributed by atoms with Crippen molar-refractivity contribution in [3.05, 3.63) is 70.2 Å². The number of rotatable bonds is 1. The Morgan fingerprint density at radius 3 is 2.62 bits per heavy atom. The monoisotopic (exact) mass is 448 g/mol. The van der Waals surface area contributed by atoms with Crippen LogP contribution in [0.2, 0.25) is 5.02 Å². The third kappa shape index (κ3) is 1.74. The highest BCUT2D eigenvalue weighted by atomic mass is 35.5. The van der Waals surface area contributed by atoms with E-state index in [1.54, 1.807) is 0 Å². The summed E-state index contributed by atoms with van der Waals surface area (Å²) in [5.41, 5.74) is -1.48. The highest BCUT2D eigenvalue weighted by Crippen LogP contribution is 2.76. The van der Waals surface area contributed by atoms with Crippen molar-refractivity contribution >= 4 is 23.2 Å². The molecule has 32 heavy (non-hydrogen) atoms. The van der Waals surface area contributed by atoms with E-state index in [0.717, 1.165) is 24.9 Å². The fourth-order valence-corrected chi connectivity index (χ4v) is 8.72. The number of hydrogen-bond acceptors (Lipinski definition) is 5. The van der Waals surface area contributed by atoms with Crippen LogP contribution in [-0.2, 0) is 10.4 Å². The van der Waals surface area contributed by atoms with Gasteiger partial charge in [0.05, 0.1) is 11.3 Å². The molecule has 0 unspecified atom stereocenters. The van der Waals surface area contributed by atoms with Gasteiger partial charge in [-0.2, -0.15) is 0 Å². The normalized spacial score (nSPS) is 42.2. The molecule has 0 amide bonds. The van der Waals surface area contributed by atoms with Gasteiger partial charge >= 0.3 is 0 Å². The van der Waals surface area contributed by atoms with Crippen LogP contribution < -0.4 is 0 Å². The van der Waals surface area contributed by atoms with E-state index < -0.39 is 22.5 Å². The fourth-order valence-electron chi connectivity index (χ4n) is 8.59. The highest BCUT2D eigenvalue weighted by Gasteiger charge is 2.91. The maximum atomic E-state index is 14.5. The standard InChI is InChI=1S/C26H25ClN2O3/c1-28-13-19-23(31)24(14-28)21(15-8-10-16(27)11-9-15)20-7-4-12-29(20)26(24)22(30)17-5-2-3-6-18(17)25(19,26)32/h2-3,5-6,8-11,19-21,32H,4,7,12-14H2,1H3/t19-,20-,21-,24-,25+,26-/m0/s1. The summed E-state index contributed by atoms with van der Waals surface area (Å²) in [5, 5.41) is 13.3. The van der Waals surface area contributed by atoms with Crippen molar-refractivity contribution in [2.24, 2.45) is 11.3 Å². The van der Waals surface area contributed by atoms with Crippen LogP contribution in [0.25, 0.3) is 0 Å². The molecular weight excluding hydrogens is 424 g/mol. The van der Waals surface area contributed by atoms with Gasteiger partial charge in [-0.3, -0.25) is 14.5 Å². The molecule has 1 saturated carbocycles. The molecule has 5 nitrogen and oxygen atoms in total. The molecule has 2 bridgehead atoms. The molecule has 6 atom stereocenters. The van der Waals surface area contributed by atoms with Crippen LogP contribution in [0.1, 0.15) is 40.2 Å². The SMILES string of the molecule is CN1C[C@H]2C(=O)[C@]3(C1)[C@@H](c1ccc(Cl)cc1)[C@@H]1CCCN1[C@@]31C(=O)c3ccccc3[C@@]21O. The predicted molar refractivity (Wildman–Crippen MR) is 120 cm³/mol. The first-order valence-corrected chi connectivity index (χ1v) is 11.9. The number of halogens is 1. The van der Waals surface area contributed by atoms with Crippen LogP contribution in [0.5, 0.6) is 0 Å². The topological polar surface area (TPSA) is 60.9 Å². The molecule has 2 spiro atoms. The molecule has 5 aliphatic rings. The van der Waals surface area contributed by atoms with E-state index in [-0.39, 0.29) is 23.5 Å². The molecule has 3 heterocycles. The number of ketones is 2. The molecule has 164 valence electrons. The van der Waals surface area contributed by atoms with Crippen LogP contribution >= 0.6 is 11.6 Å². The van der Waals surface area contributed by atoms with E-state index in [4.69, 9.17) is 11.6 Å². The van der Waals surface area contributed by atoms with Gasteiger partial charge in [0.2, 0.25) is 0 Å². The number of aliphatic hydroxyl groups is 1. The Balaban J connectivity index is 1.60. The number of carbonyl (C=O) groups excluding carboxylic acids is 2. The largest absolute Gasteiger partial charge is 0.382 e. The Bertz CT molecular complexity index is 1200. The number of benzene rings is 2. The summed E-state index contributed by atoms with van der Waals surface area (Å²) in [5.74, 6) is -0.780. The maximum absolute atomic E-state index is 14.5. The average Bonchev–Trinajstić information content (AvgIpc) is 3.41. The van der Waals surface area contributed by atoms with Crippen LogP contribution in [0.4, 0.5) is 0 Å². The lowest BCUT2D eigenvalue weighted by Crippen LogP contribution is -2.66. The summed E-state index contributed by atoms with van der Waals surface area (Å²) in [4.78, 5) is 33.3. The summed E-state index contributed by atoms with van der Waals surface area (Å²) in [6.45, 7) is 1.67. The molecule has 4 fully saturated rings. The van der Waals surface area contributed by atoms with Gasteiger partial charge in [0, 0.05) is 35.6 Å². The van der Waals surface area contributed by atoms with Crippen molar-refractivity contribution in [1.82, 2.24) is 9.80 Å². The molecule has 0 aromatic heterocycles. The Labute approximate surface area is 192 Å². The molecule has 3 aliphatic heterocycles. The van der Waals surface area contributed by atoms with Crippen LogP contribution in [0.3, 0.4) is 0 Å². The number of nitrogens with zero attached hydrogens (tertiary/aromatic N) is 2. The van der Waals surface area contributed by atoms with Crippen molar-refractivity contribution in [3.8, 4) is 0 Å². The quantitative estimate of drug-likeness (QED) is 0.727. The van der Waals surface area contributed by atoms with Crippen molar-refractivity contribution < 1.29 is 14.7 Å². The molecule has 0 radical (unpaired) electrons. The Hall–Kier alpha value is -2.05. The Morgan fingerprint density at radius 2 is 1.84 bits per heavy atom. The van der Waals surface area contributed by atoms with Gasteiger partial charge < -0.3 is 10.0 Å². The van der Waals surface area contributed by atoms with Crippen molar-refractivity contribution in [2.75, 3.05) is 26.7 Å². The van der Waals surface area contributed by atoms with Gasteiger partial charge in [-0.1, -0.05) is 48.0 Å². The van der Waals surface area contributed by atoms with Gasteiger partial charge in [-0.05, 0) is 49.7 Å². The number of Topliss-reactive ketones (excluding diaryl/α,β-unsaturated/α-hetero) is 2. The number of carbonyl (C=O) groups is 2. The third-order valence-corrected chi connectivity index (χ3v) is 9.51. The Kier molecular flexibility index (Phi) is 3.58. The fraction of sp³-hybridized carbons (Fsp3) is 0.462. The Morgan fingerprint density at radius 1 is 1.09 bits per heavy atom. The summed E-state index contributed by atoms with van der Waals surface area (Å²) >= 11 is 6.21. The smallest absolute Gasteiger partial charge is 0.187 e. The van der Waals surface area contributed by atoms with Crippen LogP contribution in [0.15, 0.2) is 48.5 Å². The zero-order valence-electron chi connectivity index (χ0n) is 17.9. The van der Waals surface area contributed by atoms with Gasteiger partial charge in [-0.15, -0.1) is 0 Å². The number of fused-ring (bicyclic) bond motifs is 5. The molecular formula is C26H25ClN2O3. The lowest BCUT2D eigenvalue weighted by molar-refractivity contribution is -0.137. The maximum Gasteiger partial charge on any atom is 0.187 e. The van der Waals surface area contributed by atoms with Crippen LogP contribution in [0, 0.1) is 11.3 Å². The molecule has 6 heteroatoms. The van der Waals surface area contributed by atoms with Crippen LogP contribution in [-0.4, -0.2) is 64.7 Å². The molecule has 1 N–H and O–H groups in total. The lowest BCUT2D eigenvalue weighted by atomic mass is 9.59. The third-order valence-electron chi connectivity index (χ3n) is 9.26. The molecule has 2 aromatic carbocycles. The average molecular weight is 449 g/mol. The highest BCUT2D eigenvalue weighted by molar-refractivity contribution is 6.30. The number of likely N-dealkylation sites (tertiary alicyclic amines) is 1. The van der Waals surface area contributed by atoms with E-state index in [9.17, 15) is 14.7 Å². The van der Waals surface area contributed by atoms with E-state index in [1.165, 1.54) is 0 Å². The second kappa shape index (κ2) is 5.89. The second-order valence-corrected chi connectivity index (χ2v) is 10.8. The summed E-state index contributed by atoms with van der Waals surface area (Å²) in [7, 11) is 2.01. The molecule has 2 aliphatic carbocycles.